The molecular formula is C21H20F4O. The van der Waals surface area contributed by atoms with Gasteiger partial charge in [0, 0.05) is 5.56 Å². The Kier molecular flexibility index (Phi) is 5.35. The van der Waals surface area contributed by atoms with E-state index >= 15 is 0 Å². The van der Waals surface area contributed by atoms with Crippen molar-refractivity contribution in [1.29, 1.82) is 0 Å². The minimum absolute atomic E-state index is 0.317. The number of hydrogen-bond donors (Lipinski definition) is 0. The van der Waals surface area contributed by atoms with Crippen LogP contribution in [0.15, 0.2) is 48.0 Å². The molecule has 2 aromatic rings. The lowest BCUT2D eigenvalue weighted by molar-refractivity contribution is -0.274. The van der Waals surface area contributed by atoms with Crippen LogP contribution in [-0.2, 0) is 12.8 Å². The molecule has 26 heavy (non-hydrogen) atoms. The SMILES string of the molecule is CCCCC1=CCc2cc(-c3ccc(OC(F)(F)F)cc3)c(F)cc2C1. The molecule has 0 spiro atoms. The zero-order valence-corrected chi connectivity index (χ0v) is 14.5. The van der Waals surface area contributed by atoms with E-state index in [1.54, 1.807) is 12.1 Å². The Bertz CT molecular complexity index is 804. The van der Waals surface area contributed by atoms with Crippen molar-refractivity contribution in [2.45, 2.75) is 45.4 Å². The molecule has 0 aromatic heterocycles. The number of halogens is 4. The number of unbranched alkanes of at least 4 members (excludes halogenated alkanes) is 1. The summed E-state index contributed by atoms with van der Waals surface area (Å²) >= 11 is 0. The second kappa shape index (κ2) is 7.52. The van der Waals surface area contributed by atoms with Gasteiger partial charge in [0.2, 0.25) is 0 Å². The minimum atomic E-state index is -4.74. The van der Waals surface area contributed by atoms with Crippen molar-refractivity contribution in [3.05, 3.63) is 65.0 Å². The highest BCUT2D eigenvalue weighted by Gasteiger charge is 2.31. The number of hydrogen-bond acceptors (Lipinski definition) is 1. The zero-order valence-electron chi connectivity index (χ0n) is 14.5. The lowest BCUT2D eigenvalue weighted by atomic mass is 9.87. The average molecular weight is 364 g/mol. The van der Waals surface area contributed by atoms with E-state index in [-0.39, 0.29) is 11.6 Å². The maximum absolute atomic E-state index is 14.6. The average Bonchev–Trinajstić information content (AvgIpc) is 2.58. The molecular weight excluding hydrogens is 344 g/mol. The van der Waals surface area contributed by atoms with E-state index in [4.69, 9.17) is 0 Å². The van der Waals surface area contributed by atoms with Gasteiger partial charge in [-0.1, -0.05) is 37.1 Å². The molecule has 0 aliphatic heterocycles. The van der Waals surface area contributed by atoms with Gasteiger partial charge in [-0.2, -0.15) is 0 Å². The monoisotopic (exact) mass is 364 g/mol. The van der Waals surface area contributed by atoms with Crippen molar-refractivity contribution < 1.29 is 22.3 Å². The van der Waals surface area contributed by atoms with Crippen LogP contribution >= 0.6 is 0 Å². The van der Waals surface area contributed by atoms with Crippen LogP contribution < -0.4 is 4.74 Å². The third-order valence-corrected chi connectivity index (χ3v) is 4.57. The molecule has 0 N–H and O–H groups in total. The molecule has 1 aliphatic carbocycles. The molecule has 0 bridgehead atoms. The fourth-order valence-electron chi connectivity index (χ4n) is 3.24. The Balaban J connectivity index is 1.81. The third-order valence-electron chi connectivity index (χ3n) is 4.57. The first-order valence-corrected chi connectivity index (χ1v) is 8.71. The molecule has 0 saturated heterocycles. The molecule has 138 valence electrons. The summed E-state index contributed by atoms with van der Waals surface area (Å²) in [4.78, 5) is 0. The summed E-state index contributed by atoms with van der Waals surface area (Å²) in [7, 11) is 0. The second-order valence-corrected chi connectivity index (χ2v) is 6.52. The predicted octanol–water partition coefficient (Wildman–Crippen LogP) is 6.61. The van der Waals surface area contributed by atoms with Gasteiger partial charge < -0.3 is 4.74 Å². The summed E-state index contributed by atoms with van der Waals surface area (Å²) in [5.74, 6) is -0.673. The van der Waals surface area contributed by atoms with E-state index in [2.05, 4.69) is 17.7 Å². The number of fused-ring (bicyclic) bond motifs is 1. The van der Waals surface area contributed by atoms with Crippen molar-refractivity contribution in [3.8, 4) is 16.9 Å². The van der Waals surface area contributed by atoms with Crippen LogP contribution in [0.5, 0.6) is 5.75 Å². The van der Waals surface area contributed by atoms with Crippen LogP contribution in [0.2, 0.25) is 0 Å². The van der Waals surface area contributed by atoms with Crippen molar-refractivity contribution in [2.24, 2.45) is 0 Å². The molecule has 0 fully saturated rings. The minimum Gasteiger partial charge on any atom is -0.406 e. The molecule has 1 aliphatic rings. The first-order valence-electron chi connectivity index (χ1n) is 8.71. The molecule has 0 unspecified atom stereocenters. The molecule has 0 heterocycles. The third kappa shape index (κ3) is 4.45. The molecule has 1 nitrogen and oxygen atoms in total. The maximum atomic E-state index is 14.6. The highest BCUT2D eigenvalue weighted by Crippen LogP contribution is 2.32. The normalized spacial score (nSPS) is 14.0. The van der Waals surface area contributed by atoms with E-state index in [0.29, 0.717) is 11.1 Å². The standard InChI is InChI=1S/C21H20F4O/c1-2-3-4-14-5-6-16-12-19(20(22)13-17(16)11-14)15-7-9-18(10-8-15)26-21(23,24)25/h5,7-10,12-13H,2-4,6,11H2,1H3. The highest BCUT2D eigenvalue weighted by atomic mass is 19.4. The van der Waals surface area contributed by atoms with E-state index < -0.39 is 6.36 Å². The Morgan fingerprint density at radius 3 is 2.42 bits per heavy atom. The fourth-order valence-corrected chi connectivity index (χ4v) is 3.24. The smallest absolute Gasteiger partial charge is 0.406 e. The lowest BCUT2D eigenvalue weighted by Gasteiger charge is -2.19. The molecule has 5 heteroatoms. The Hall–Kier alpha value is -2.30. The summed E-state index contributed by atoms with van der Waals surface area (Å²) in [5, 5.41) is 0. The van der Waals surface area contributed by atoms with E-state index in [0.717, 1.165) is 43.2 Å². The number of benzene rings is 2. The van der Waals surface area contributed by atoms with Crippen LogP contribution in [0.3, 0.4) is 0 Å². The van der Waals surface area contributed by atoms with Crippen molar-refractivity contribution in [1.82, 2.24) is 0 Å². The predicted molar refractivity (Wildman–Crippen MR) is 93.5 cm³/mol. The Labute approximate surface area is 150 Å². The van der Waals surface area contributed by atoms with Gasteiger partial charge in [0.05, 0.1) is 0 Å². The molecule has 3 rings (SSSR count). The van der Waals surface area contributed by atoms with E-state index in [1.807, 2.05) is 0 Å². The van der Waals surface area contributed by atoms with Crippen LogP contribution in [0.1, 0.15) is 37.3 Å². The number of rotatable bonds is 5. The van der Waals surface area contributed by atoms with Crippen molar-refractivity contribution in [2.75, 3.05) is 0 Å². The second-order valence-electron chi connectivity index (χ2n) is 6.52. The van der Waals surface area contributed by atoms with Crippen molar-refractivity contribution >= 4 is 0 Å². The topological polar surface area (TPSA) is 9.23 Å². The Morgan fingerprint density at radius 1 is 1.04 bits per heavy atom. The van der Waals surface area contributed by atoms with Gasteiger partial charge in [0.25, 0.3) is 0 Å². The van der Waals surface area contributed by atoms with Crippen LogP contribution in [0, 0.1) is 5.82 Å². The number of alkyl halides is 3. The quantitative estimate of drug-likeness (QED) is 0.429. The van der Waals surface area contributed by atoms with Gasteiger partial charge in [-0.3, -0.25) is 0 Å². The first kappa shape index (κ1) is 18.5. The van der Waals surface area contributed by atoms with Crippen LogP contribution in [0.4, 0.5) is 17.6 Å². The van der Waals surface area contributed by atoms with Crippen molar-refractivity contribution in [3.63, 3.8) is 0 Å². The number of ether oxygens (including phenoxy) is 1. The Morgan fingerprint density at radius 2 is 1.77 bits per heavy atom. The van der Waals surface area contributed by atoms with Gasteiger partial charge in [-0.15, -0.1) is 13.2 Å². The zero-order chi connectivity index (χ0) is 18.7. The molecule has 0 saturated carbocycles. The largest absolute Gasteiger partial charge is 0.573 e. The fraction of sp³-hybridized carbons (Fsp3) is 0.333. The van der Waals surface area contributed by atoms with Gasteiger partial charge in [0.15, 0.2) is 0 Å². The highest BCUT2D eigenvalue weighted by molar-refractivity contribution is 5.67. The summed E-state index contributed by atoms with van der Waals surface area (Å²) in [6.07, 6.45) is 2.31. The van der Waals surface area contributed by atoms with E-state index in [9.17, 15) is 17.6 Å². The number of allylic oxidation sites excluding steroid dienone is 2. The van der Waals surface area contributed by atoms with Gasteiger partial charge in [-0.05, 0) is 66.6 Å². The molecule has 0 atom stereocenters. The molecule has 2 aromatic carbocycles. The van der Waals surface area contributed by atoms with Crippen LogP contribution in [0.25, 0.3) is 11.1 Å². The molecule has 0 radical (unpaired) electrons. The summed E-state index contributed by atoms with van der Waals surface area (Å²) in [5.41, 5.74) is 4.34. The van der Waals surface area contributed by atoms with E-state index in [1.165, 1.54) is 29.8 Å². The maximum Gasteiger partial charge on any atom is 0.573 e. The summed E-state index contributed by atoms with van der Waals surface area (Å²) < 4.78 is 55.2. The summed E-state index contributed by atoms with van der Waals surface area (Å²) in [6, 6.07) is 8.64. The van der Waals surface area contributed by atoms with Gasteiger partial charge >= 0.3 is 6.36 Å². The lowest BCUT2D eigenvalue weighted by Crippen LogP contribution is -2.16. The van der Waals surface area contributed by atoms with Gasteiger partial charge in [0.1, 0.15) is 11.6 Å². The van der Waals surface area contributed by atoms with Crippen LogP contribution in [-0.4, -0.2) is 6.36 Å². The first-order chi connectivity index (χ1) is 12.4. The molecule has 0 amide bonds. The summed E-state index contributed by atoms with van der Waals surface area (Å²) in [6.45, 7) is 2.15. The van der Waals surface area contributed by atoms with Gasteiger partial charge in [-0.25, -0.2) is 4.39 Å².